The van der Waals surface area contributed by atoms with Crippen LogP contribution in [0.4, 0.5) is 10.2 Å². The Hall–Kier alpha value is -1.88. The fourth-order valence-corrected chi connectivity index (χ4v) is 2.79. The molecule has 4 nitrogen and oxygen atoms in total. The Bertz CT molecular complexity index is 784. The van der Waals surface area contributed by atoms with Crippen LogP contribution in [0.2, 0.25) is 5.02 Å². The normalized spacial score (nSPS) is 14.8. The second kappa shape index (κ2) is 5.96. The number of hydrogen-bond donors (Lipinski definition) is 1. The summed E-state index contributed by atoms with van der Waals surface area (Å²) in [5, 5.41) is 3.17. The maximum absolute atomic E-state index is 14.2. The predicted octanol–water partition coefficient (Wildman–Crippen LogP) is 3.76. The van der Waals surface area contributed by atoms with Gasteiger partial charge in [-0.25, -0.2) is 9.37 Å². The van der Waals surface area contributed by atoms with Gasteiger partial charge in [0.2, 0.25) is 0 Å². The summed E-state index contributed by atoms with van der Waals surface area (Å²) in [5.41, 5.74) is -0.156. The Kier molecular flexibility index (Phi) is 4.15. The Balaban J connectivity index is 1.81. The van der Waals surface area contributed by atoms with Gasteiger partial charge in [0.05, 0.1) is 5.02 Å². The molecule has 1 heterocycles. The number of benzene rings is 1. The van der Waals surface area contributed by atoms with Crippen molar-refractivity contribution < 1.29 is 4.39 Å². The first-order valence-corrected chi connectivity index (χ1v) is 8.03. The van der Waals surface area contributed by atoms with Crippen LogP contribution in [-0.2, 0) is 5.41 Å². The first-order valence-electron chi connectivity index (χ1n) is 7.65. The summed E-state index contributed by atoms with van der Waals surface area (Å²) in [6.45, 7) is 4.18. The average Bonchev–Trinajstić information content (AvgIpc) is 3.33. The molecule has 1 aliphatic rings. The van der Waals surface area contributed by atoms with Crippen LogP contribution in [0.1, 0.15) is 38.3 Å². The van der Waals surface area contributed by atoms with E-state index in [-0.39, 0.29) is 10.6 Å². The van der Waals surface area contributed by atoms with E-state index in [1.54, 1.807) is 29.1 Å². The van der Waals surface area contributed by atoms with E-state index in [1.165, 1.54) is 6.07 Å². The molecule has 1 fully saturated rings. The van der Waals surface area contributed by atoms with Crippen LogP contribution in [0.15, 0.2) is 35.4 Å². The summed E-state index contributed by atoms with van der Waals surface area (Å²) in [4.78, 5) is 16.5. The molecule has 1 saturated carbocycles. The first kappa shape index (κ1) is 16.0. The Morgan fingerprint density at radius 1 is 1.43 bits per heavy atom. The van der Waals surface area contributed by atoms with Crippen LogP contribution in [0, 0.1) is 5.82 Å². The van der Waals surface area contributed by atoms with Gasteiger partial charge in [-0.3, -0.25) is 4.79 Å². The number of hydrogen-bond acceptors (Lipinski definition) is 3. The number of aromatic nitrogens is 2. The lowest BCUT2D eigenvalue weighted by molar-refractivity contribution is 0.503. The van der Waals surface area contributed by atoms with Crippen molar-refractivity contribution in [3.05, 3.63) is 57.3 Å². The summed E-state index contributed by atoms with van der Waals surface area (Å²) < 4.78 is 15.9. The first-order chi connectivity index (χ1) is 10.9. The molecule has 0 amide bonds. The lowest BCUT2D eigenvalue weighted by Gasteiger charge is -2.26. The molecule has 0 spiro atoms. The molecule has 0 radical (unpaired) electrons. The van der Waals surface area contributed by atoms with Crippen molar-refractivity contribution in [1.29, 1.82) is 0 Å². The van der Waals surface area contributed by atoms with Crippen LogP contribution in [-0.4, -0.2) is 16.1 Å². The van der Waals surface area contributed by atoms with Crippen LogP contribution in [0.25, 0.3) is 0 Å². The molecule has 1 aromatic heterocycles. The zero-order valence-corrected chi connectivity index (χ0v) is 13.9. The van der Waals surface area contributed by atoms with Crippen molar-refractivity contribution in [2.75, 3.05) is 11.9 Å². The van der Waals surface area contributed by atoms with E-state index in [1.807, 2.05) is 13.8 Å². The monoisotopic (exact) mass is 335 g/mol. The van der Waals surface area contributed by atoms with Crippen LogP contribution >= 0.6 is 11.6 Å². The minimum Gasteiger partial charge on any atom is -0.365 e. The van der Waals surface area contributed by atoms with E-state index >= 15 is 0 Å². The molecule has 1 aliphatic carbocycles. The molecule has 2 aromatic rings. The molecule has 6 heteroatoms. The molecule has 0 unspecified atom stereocenters. The van der Waals surface area contributed by atoms with Gasteiger partial charge in [0.1, 0.15) is 5.82 Å². The van der Waals surface area contributed by atoms with E-state index in [0.717, 1.165) is 12.8 Å². The minimum atomic E-state index is -0.538. The molecule has 1 N–H and O–H groups in total. The second-order valence-corrected chi connectivity index (χ2v) is 6.97. The van der Waals surface area contributed by atoms with Gasteiger partial charge in [0, 0.05) is 30.4 Å². The largest absolute Gasteiger partial charge is 0.365 e. The van der Waals surface area contributed by atoms with Crippen molar-refractivity contribution >= 4 is 17.4 Å². The number of rotatable bonds is 5. The van der Waals surface area contributed by atoms with E-state index in [4.69, 9.17) is 11.6 Å². The average molecular weight is 336 g/mol. The topological polar surface area (TPSA) is 46.9 Å². The van der Waals surface area contributed by atoms with Gasteiger partial charge >= 0.3 is 0 Å². The van der Waals surface area contributed by atoms with Gasteiger partial charge in [-0.2, -0.15) is 0 Å². The van der Waals surface area contributed by atoms with E-state index in [9.17, 15) is 9.18 Å². The van der Waals surface area contributed by atoms with E-state index in [0.29, 0.717) is 24.0 Å². The molecule has 3 rings (SSSR count). The third-order valence-electron chi connectivity index (χ3n) is 4.19. The lowest BCUT2D eigenvalue weighted by atomic mass is 9.84. The maximum Gasteiger partial charge on any atom is 0.293 e. The van der Waals surface area contributed by atoms with Crippen molar-refractivity contribution in [2.45, 2.75) is 38.1 Å². The van der Waals surface area contributed by atoms with Crippen molar-refractivity contribution in [3.8, 4) is 0 Å². The third-order valence-corrected chi connectivity index (χ3v) is 4.48. The molecule has 23 heavy (non-hydrogen) atoms. The Labute approximate surface area is 139 Å². The SMILES string of the molecule is CC(C)(CNc1nccn(C2CC2)c1=O)c1cccc(Cl)c1F. The smallest absolute Gasteiger partial charge is 0.293 e. The minimum absolute atomic E-state index is 0.101. The van der Waals surface area contributed by atoms with E-state index in [2.05, 4.69) is 10.3 Å². The fourth-order valence-electron chi connectivity index (χ4n) is 2.61. The van der Waals surface area contributed by atoms with Crippen LogP contribution in [0.5, 0.6) is 0 Å². The molecule has 0 saturated heterocycles. The van der Waals surface area contributed by atoms with Gasteiger partial charge in [0.15, 0.2) is 5.82 Å². The highest BCUT2D eigenvalue weighted by molar-refractivity contribution is 6.30. The third kappa shape index (κ3) is 3.24. The van der Waals surface area contributed by atoms with Crippen molar-refractivity contribution in [1.82, 2.24) is 9.55 Å². The molecule has 122 valence electrons. The number of halogens is 2. The predicted molar refractivity (Wildman–Crippen MR) is 89.7 cm³/mol. The maximum atomic E-state index is 14.2. The molecule has 1 aromatic carbocycles. The standard InChI is InChI=1S/C17H19ClFN3O/c1-17(2,12-4-3-5-13(18)14(12)19)10-21-15-16(23)22(9-8-20-15)11-6-7-11/h3-5,8-9,11H,6-7,10H2,1-2H3,(H,20,21). The van der Waals surface area contributed by atoms with Crippen molar-refractivity contribution in [3.63, 3.8) is 0 Å². The Morgan fingerprint density at radius 3 is 2.87 bits per heavy atom. The van der Waals surface area contributed by atoms with Crippen LogP contribution < -0.4 is 10.9 Å². The summed E-state index contributed by atoms with van der Waals surface area (Å²) in [7, 11) is 0. The quantitative estimate of drug-likeness (QED) is 0.905. The molecule has 0 aliphatic heterocycles. The zero-order valence-electron chi connectivity index (χ0n) is 13.1. The van der Waals surface area contributed by atoms with Gasteiger partial charge < -0.3 is 9.88 Å². The molecule has 0 atom stereocenters. The molecular weight excluding hydrogens is 317 g/mol. The molecule has 0 bridgehead atoms. The molecular formula is C17H19ClFN3O. The van der Waals surface area contributed by atoms with Crippen molar-refractivity contribution in [2.24, 2.45) is 0 Å². The summed E-state index contributed by atoms with van der Waals surface area (Å²) in [6, 6.07) is 5.26. The summed E-state index contributed by atoms with van der Waals surface area (Å²) in [5.74, 6) is -0.118. The van der Waals surface area contributed by atoms with E-state index < -0.39 is 11.2 Å². The van der Waals surface area contributed by atoms with Gasteiger partial charge in [-0.05, 0) is 24.5 Å². The highest BCUT2D eigenvalue weighted by Gasteiger charge is 2.27. The summed E-state index contributed by atoms with van der Waals surface area (Å²) in [6.07, 6.45) is 5.40. The van der Waals surface area contributed by atoms with Crippen LogP contribution in [0.3, 0.4) is 0 Å². The summed E-state index contributed by atoms with van der Waals surface area (Å²) >= 11 is 5.86. The Morgan fingerprint density at radius 2 is 2.17 bits per heavy atom. The highest BCUT2D eigenvalue weighted by Crippen LogP contribution is 2.33. The number of nitrogens with zero attached hydrogens (tertiary/aromatic N) is 2. The number of nitrogens with one attached hydrogen (secondary N) is 1. The number of anilines is 1. The zero-order chi connectivity index (χ0) is 16.6. The highest BCUT2D eigenvalue weighted by atomic mass is 35.5. The van der Waals surface area contributed by atoms with Gasteiger partial charge in [-0.1, -0.05) is 37.6 Å². The second-order valence-electron chi connectivity index (χ2n) is 6.56. The fraction of sp³-hybridized carbons (Fsp3) is 0.412. The van der Waals surface area contributed by atoms with Gasteiger partial charge in [-0.15, -0.1) is 0 Å². The van der Waals surface area contributed by atoms with Gasteiger partial charge in [0.25, 0.3) is 5.56 Å². The lowest BCUT2D eigenvalue weighted by Crippen LogP contribution is -2.32.